The van der Waals surface area contributed by atoms with E-state index in [0.717, 1.165) is 28.1 Å². The van der Waals surface area contributed by atoms with Gasteiger partial charge in [0.1, 0.15) is 0 Å². The molecule has 0 aromatic heterocycles. The number of para-hydroxylation sites is 1. The monoisotopic (exact) mass is 356 g/mol. The van der Waals surface area contributed by atoms with Gasteiger partial charge in [-0.25, -0.2) is 0 Å². The van der Waals surface area contributed by atoms with E-state index in [1.54, 1.807) is 11.0 Å². The predicted molar refractivity (Wildman–Crippen MR) is 101 cm³/mol. The third-order valence-corrected chi connectivity index (χ3v) is 5.16. The van der Waals surface area contributed by atoms with Crippen molar-refractivity contribution in [2.45, 2.75) is 27.2 Å². The lowest BCUT2D eigenvalue weighted by Gasteiger charge is -2.20. The average Bonchev–Trinajstić information content (AvgIpc) is 2.95. The number of aryl methyl sites for hydroxylation is 2. The summed E-state index contributed by atoms with van der Waals surface area (Å²) in [6.07, 6.45) is 0.211. The van der Waals surface area contributed by atoms with Gasteiger partial charge in [0.2, 0.25) is 11.8 Å². The largest absolute Gasteiger partial charge is 0.325 e. The number of halogens is 1. The fourth-order valence-electron chi connectivity index (χ4n) is 3.24. The van der Waals surface area contributed by atoms with Crippen LogP contribution >= 0.6 is 11.6 Å². The molecule has 0 spiro atoms. The smallest absolute Gasteiger partial charge is 0.229 e. The van der Waals surface area contributed by atoms with Crippen LogP contribution in [0.3, 0.4) is 0 Å². The summed E-state index contributed by atoms with van der Waals surface area (Å²) < 4.78 is 0. The van der Waals surface area contributed by atoms with Gasteiger partial charge < -0.3 is 10.2 Å². The molecule has 1 atom stereocenters. The number of nitrogens with one attached hydrogen (secondary N) is 1. The molecule has 3 rings (SSSR count). The van der Waals surface area contributed by atoms with E-state index < -0.39 is 0 Å². The summed E-state index contributed by atoms with van der Waals surface area (Å²) in [6, 6.07) is 11.4. The van der Waals surface area contributed by atoms with E-state index in [1.165, 1.54) is 0 Å². The first-order valence-electron chi connectivity index (χ1n) is 8.31. The van der Waals surface area contributed by atoms with Crippen molar-refractivity contribution in [2.24, 2.45) is 5.92 Å². The molecule has 1 unspecified atom stereocenters. The summed E-state index contributed by atoms with van der Waals surface area (Å²) in [5, 5.41) is 3.61. The summed E-state index contributed by atoms with van der Waals surface area (Å²) in [7, 11) is 0. The van der Waals surface area contributed by atoms with E-state index in [2.05, 4.69) is 5.32 Å². The van der Waals surface area contributed by atoms with E-state index in [-0.39, 0.29) is 24.2 Å². The number of nitrogens with zero attached hydrogens (tertiary/aromatic N) is 1. The standard InChI is InChI=1S/C20H21ClN2O2/c1-12-6-4-7-13(2)19(12)22-20(25)15-10-18(24)23(11-15)17-9-5-8-16(21)14(17)3/h4-9,15H,10-11H2,1-3H3,(H,22,25). The Morgan fingerprint density at radius 1 is 1.12 bits per heavy atom. The fraction of sp³-hybridized carbons (Fsp3) is 0.300. The van der Waals surface area contributed by atoms with Crippen LogP contribution in [0.5, 0.6) is 0 Å². The first-order chi connectivity index (χ1) is 11.9. The van der Waals surface area contributed by atoms with Crippen molar-refractivity contribution >= 4 is 34.8 Å². The van der Waals surface area contributed by atoms with Crippen LogP contribution in [0.2, 0.25) is 5.02 Å². The third kappa shape index (κ3) is 3.40. The quantitative estimate of drug-likeness (QED) is 0.893. The summed E-state index contributed by atoms with van der Waals surface area (Å²) >= 11 is 6.16. The number of rotatable bonds is 3. The maximum absolute atomic E-state index is 12.7. The van der Waals surface area contributed by atoms with Crippen molar-refractivity contribution in [3.8, 4) is 0 Å². The van der Waals surface area contributed by atoms with Gasteiger partial charge in [-0.2, -0.15) is 0 Å². The molecule has 130 valence electrons. The third-order valence-electron chi connectivity index (χ3n) is 4.76. The SMILES string of the molecule is Cc1cccc(C)c1NC(=O)C1CC(=O)N(c2cccc(Cl)c2C)C1. The highest BCUT2D eigenvalue weighted by molar-refractivity contribution is 6.31. The zero-order valence-electron chi connectivity index (χ0n) is 14.6. The van der Waals surface area contributed by atoms with Gasteiger partial charge >= 0.3 is 0 Å². The number of hydrogen-bond donors (Lipinski definition) is 1. The molecule has 4 nitrogen and oxygen atoms in total. The van der Waals surface area contributed by atoms with Gasteiger partial charge in [-0.15, -0.1) is 0 Å². The molecule has 25 heavy (non-hydrogen) atoms. The number of benzene rings is 2. The Labute approximate surface area is 152 Å². The van der Waals surface area contributed by atoms with Gasteiger partial charge in [0.25, 0.3) is 0 Å². The second-order valence-electron chi connectivity index (χ2n) is 6.55. The van der Waals surface area contributed by atoms with E-state index >= 15 is 0 Å². The summed E-state index contributed by atoms with van der Waals surface area (Å²) in [5.41, 5.74) is 4.49. The van der Waals surface area contributed by atoms with Crippen LogP contribution in [0.1, 0.15) is 23.1 Å². The predicted octanol–water partition coefficient (Wildman–Crippen LogP) is 4.26. The van der Waals surface area contributed by atoms with Gasteiger partial charge in [0, 0.05) is 29.4 Å². The lowest BCUT2D eigenvalue weighted by Crippen LogP contribution is -2.29. The van der Waals surface area contributed by atoms with Crippen LogP contribution in [0.4, 0.5) is 11.4 Å². The molecule has 5 heteroatoms. The molecule has 0 aliphatic carbocycles. The zero-order valence-corrected chi connectivity index (χ0v) is 15.4. The second-order valence-corrected chi connectivity index (χ2v) is 6.95. The van der Waals surface area contributed by atoms with Crippen molar-refractivity contribution in [3.05, 3.63) is 58.1 Å². The van der Waals surface area contributed by atoms with Gasteiger partial charge in [0.15, 0.2) is 0 Å². The van der Waals surface area contributed by atoms with Crippen LogP contribution in [-0.4, -0.2) is 18.4 Å². The Kier molecular flexibility index (Phi) is 4.82. The fourth-order valence-corrected chi connectivity index (χ4v) is 3.41. The number of amides is 2. The van der Waals surface area contributed by atoms with Gasteiger partial charge in [-0.3, -0.25) is 9.59 Å². The van der Waals surface area contributed by atoms with Crippen LogP contribution < -0.4 is 10.2 Å². The van der Waals surface area contributed by atoms with E-state index in [0.29, 0.717) is 11.6 Å². The summed E-state index contributed by atoms with van der Waals surface area (Å²) in [5.74, 6) is -0.537. The van der Waals surface area contributed by atoms with Gasteiger partial charge in [0.05, 0.1) is 5.92 Å². The number of carbonyl (C=O) groups is 2. The Balaban J connectivity index is 1.78. The molecule has 0 radical (unpaired) electrons. The van der Waals surface area contributed by atoms with Crippen molar-refractivity contribution in [1.29, 1.82) is 0 Å². The summed E-state index contributed by atoms with van der Waals surface area (Å²) in [6.45, 7) is 6.18. The molecule has 2 aromatic rings. The molecule has 1 saturated heterocycles. The van der Waals surface area contributed by atoms with E-state index in [9.17, 15) is 9.59 Å². The molecule has 1 N–H and O–H groups in total. The molecule has 1 aliphatic heterocycles. The molecule has 2 amide bonds. The van der Waals surface area contributed by atoms with Crippen molar-refractivity contribution < 1.29 is 9.59 Å². The number of hydrogen-bond acceptors (Lipinski definition) is 2. The zero-order chi connectivity index (χ0) is 18.1. The second kappa shape index (κ2) is 6.89. The first kappa shape index (κ1) is 17.5. The van der Waals surface area contributed by atoms with Crippen molar-refractivity contribution in [3.63, 3.8) is 0 Å². The van der Waals surface area contributed by atoms with Gasteiger partial charge in [-0.1, -0.05) is 35.9 Å². The van der Waals surface area contributed by atoms with Crippen LogP contribution in [-0.2, 0) is 9.59 Å². The van der Waals surface area contributed by atoms with Gasteiger partial charge in [-0.05, 0) is 49.6 Å². The Morgan fingerprint density at radius 3 is 2.44 bits per heavy atom. The maximum Gasteiger partial charge on any atom is 0.229 e. The maximum atomic E-state index is 12.7. The minimum Gasteiger partial charge on any atom is -0.325 e. The first-order valence-corrected chi connectivity index (χ1v) is 8.69. The Morgan fingerprint density at radius 2 is 1.76 bits per heavy atom. The Hall–Kier alpha value is -2.33. The minimum absolute atomic E-state index is 0.0491. The molecule has 1 fully saturated rings. The minimum atomic E-state index is -0.370. The average molecular weight is 357 g/mol. The van der Waals surface area contributed by atoms with Crippen molar-refractivity contribution in [1.82, 2.24) is 0 Å². The molecule has 0 saturated carbocycles. The lowest BCUT2D eigenvalue weighted by atomic mass is 10.1. The van der Waals surface area contributed by atoms with E-state index in [1.807, 2.05) is 51.1 Å². The molecule has 0 bridgehead atoms. The lowest BCUT2D eigenvalue weighted by molar-refractivity contribution is -0.122. The molecular formula is C20H21ClN2O2. The molecular weight excluding hydrogens is 336 g/mol. The molecule has 1 aliphatic rings. The molecule has 2 aromatic carbocycles. The summed E-state index contributed by atoms with van der Waals surface area (Å²) in [4.78, 5) is 26.8. The molecule has 1 heterocycles. The van der Waals surface area contributed by atoms with Crippen molar-refractivity contribution in [2.75, 3.05) is 16.8 Å². The normalized spacial score (nSPS) is 17.0. The van der Waals surface area contributed by atoms with Crippen LogP contribution in [0.15, 0.2) is 36.4 Å². The number of carbonyl (C=O) groups excluding carboxylic acids is 2. The number of anilines is 2. The highest BCUT2D eigenvalue weighted by Gasteiger charge is 2.36. The topological polar surface area (TPSA) is 49.4 Å². The van der Waals surface area contributed by atoms with Crippen LogP contribution in [0.25, 0.3) is 0 Å². The van der Waals surface area contributed by atoms with Crippen LogP contribution in [0, 0.1) is 26.7 Å². The highest BCUT2D eigenvalue weighted by Crippen LogP contribution is 2.32. The van der Waals surface area contributed by atoms with E-state index in [4.69, 9.17) is 11.6 Å². The highest BCUT2D eigenvalue weighted by atomic mass is 35.5. The Bertz CT molecular complexity index is 827.